The molecule has 1 fully saturated rings. The van der Waals surface area contributed by atoms with E-state index in [-0.39, 0.29) is 0 Å². The fourth-order valence-corrected chi connectivity index (χ4v) is 262. The van der Waals surface area contributed by atoms with Crippen molar-refractivity contribution < 1.29 is 9.13 Å². The Morgan fingerprint density at radius 2 is 1.10 bits per heavy atom. The third kappa shape index (κ3) is 15.4. The zero-order valence-corrected chi connectivity index (χ0v) is 33.1. The molecule has 3 rings (SSSR count). The fraction of sp³-hybridized carbons (Fsp3) is 0.625. The van der Waals surface area contributed by atoms with Crippen molar-refractivity contribution in [1.82, 2.24) is 9.13 Å². The molecule has 1 saturated heterocycles. The Kier molecular flexibility index (Phi) is 17.8. The molecule has 0 amide bonds. The maximum absolute atomic E-state index is 3.43. The molecule has 0 aliphatic carbocycles. The van der Waals surface area contributed by atoms with E-state index in [4.69, 9.17) is 0 Å². The van der Waals surface area contributed by atoms with Gasteiger partial charge in [0.1, 0.15) is 24.8 Å². The van der Waals surface area contributed by atoms with Gasteiger partial charge in [-0.25, -0.2) is 18.3 Å². The normalized spacial score (nSPS) is 23.1. The van der Waals surface area contributed by atoms with Crippen LogP contribution in [-0.4, -0.2) is 121 Å². The van der Waals surface area contributed by atoms with Crippen molar-refractivity contribution in [2.24, 2.45) is 14.1 Å². The second-order valence-electron chi connectivity index (χ2n) is 6.53. The quantitative estimate of drug-likeness (QED) is 0.233. The molecule has 0 unspecified atom stereocenters. The maximum atomic E-state index is 3.43. The fourth-order valence-electron chi connectivity index (χ4n) is 2.14. The Balaban J connectivity index is 0.000000225. The van der Waals surface area contributed by atoms with Crippen molar-refractivity contribution >= 4 is 115 Å². The molecule has 172 valence electrons. The van der Waals surface area contributed by atoms with Gasteiger partial charge in [0.25, 0.3) is 0 Å². The molecular weight excluding hydrogens is 942 g/mol. The molecule has 30 heavy (non-hydrogen) atoms. The van der Waals surface area contributed by atoms with Crippen LogP contribution in [0.4, 0.5) is 0 Å². The van der Waals surface area contributed by atoms with E-state index in [2.05, 4.69) is 131 Å². The first kappa shape index (κ1) is 31.5. The van der Waals surface area contributed by atoms with E-state index in [1.807, 2.05) is 14.1 Å². The summed E-state index contributed by atoms with van der Waals surface area (Å²) in [6, 6.07) is 0. The molecular formula is C16H30N4P2Se8. The molecule has 1 aliphatic rings. The van der Waals surface area contributed by atoms with E-state index >= 15 is 0 Å². The molecule has 0 aromatic carbocycles. The third-order valence-corrected chi connectivity index (χ3v) is 173. The zero-order valence-electron chi connectivity index (χ0n) is 17.7. The van der Waals surface area contributed by atoms with Crippen molar-refractivity contribution in [3.8, 4) is 0 Å². The van der Waals surface area contributed by atoms with Gasteiger partial charge in [0.05, 0.1) is 27.2 Å². The summed E-state index contributed by atoms with van der Waals surface area (Å²) in [4.78, 5) is 0. The summed E-state index contributed by atoms with van der Waals surface area (Å²) in [6.45, 7) is 6.72. The second-order valence-corrected chi connectivity index (χ2v) is 102. The summed E-state index contributed by atoms with van der Waals surface area (Å²) in [5.41, 5.74) is 0. The van der Waals surface area contributed by atoms with Crippen LogP contribution >= 0.6 is 3.15 Å². The minimum absolute atomic E-state index is 0.498. The van der Waals surface area contributed by atoms with Gasteiger partial charge in [-0.3, -0.25) is 0 Å². The molecule has 0 bridgehead atoms. The van der Waals surface area contributed by atoms with Crippen molar-refractivity contribution in [2.45, 2.75) is 52.6 Å². The Hall–Kier alpha value is 3.44. The Morgan fingerprint density at radius 1 is 0.767 bits per heavy atom. The molecule has 3 heterocycles. The minimum atomic E-state index is -0.498. The van der Waals surface area contributed by atoms with Crippen molar-refractivity contribution in [2.75, 3.05) is 0 Å². The molecule has 2 aromatic rings. The van der Waals surface area contributed by atoms with Crippen molar-refractivity contribution in [3.63, 3.8) is 0 Å². The van der Waals surface area contributed by atoms with E-state index < -0.39 is 3.15 Å². The van der Waals surface area contributed by atoms with Crippen LogP contribution in [0.2, 0.25) is 0 Å². The van der Waals surface area contributed by atoms with Gasteiger partial charge >= 0.3 is 115 Å². The summed E-state index contributed by atoms with van der Waals surface area (Å²) in [6.07, 6.45) is 17.6. The van der Waals surface area contributed by atoms with Crippen LogP contribution in [0.3, 0.4) is 0 Å². The molecule has 14 heteroatoms. The van der Waals surface area contributed by atoms with Gasteiger partial charge in [-0.05, 0) is 12.8 Å². The van der Waals surface area contributed by atoms with Gasteiger partial charge in [-0.2, -0.15) is 0 Å². The Bertz CT molecular complexity index is 757. The molecule has 0 saturated carbocycles. The monoisotopic (exact) mass is 980 g/mol. The Labute approximate surface area is 234 Å². The summed E-state index contributed by atoms with van der Waals surface area (Å²) in [7, 11) is 4.09. The van der Waals surface area contributed by atoms with Crippen LogP contribution in [0.1, 0.15) is 39.5 Å². The number of nitrogens with zero attached hydrogens (tertiary/aromatic N) is 4. The topological polar surface area (TPSA) is 17.6 Å². The van der Waals surface area contributed by atoms with Gasteiger partial charge in [0.15, 0.2) is 0 Å². The first-order valence-corrected chi connectivity index (χ1v) is 39.4. The van der Waals surface area contributed by atoms with Crippen LogP contribution in [0.15, 0.2) is 37.4 Å². The number of aromatic nitrogens is 4. The average Bonchev–Trinajstić information content (AvgIpc) is 3.30. The van der Waals surface area contributed by atoms with Gasteiger partial charge < -0.3 is 0 Å². The SMILES string of the molecule is CCCCn1cc[n+](C)c1.CCCCn1cc[n+](C)c1.[Se]=P1([Se-])[Se][Se]P(=[Se])([Se-])[Se][Se]1. The van der Waals surface area contributed by atoms with E-state index in [0.29, 0.717) is 0 Å². The number of aryl methyl sites for hydroxylation is 4. The van der Waals surface area contributed by atoms with Gasteiger partial charge in [0.2, 0.25) is 12.7 Å². The number of unbranched alkanes of at least 4 members (excludes halogenated alkanes) is 2. The number of imidazole rings is 2. The van der Waals surface area contributed by atoms with E-state index in [9.17, 15) is 0 Å². The van der Waals surface area contributed by atoms with Crippen molar-refractivity contribution in [3.05, 3.63) is 37.4 Å². The molecule has 2 aromatic heterocycles. The molecule has 0 spiro atoms. The van der Waals surface area contributed by atoms with Gasteiger partial charge in [-0.15, -0.1) is 0 Å². The zero-order chi connectivity index (χ0) is 22.6. The number of hydrogen-bond acceptors (Lipinski definition) is 0. The van der Waals surface area contributed by atoms with E-state index in [0.717, 1.165) is 63.8 Å². The first-order valence-electron chi connectivity index (χ1n) is 9.47. The second kappa shape index (κ2) is 17.0. The van der Waals surface area contributed by atoms with Crippen LogP contribution in [0.25, 0.3) is 0 Å². The molecule has 0 radical (unpaired) electrons. The summed E-state index contributed by atoms with van der Waals surface area (Å²) in [5.74, 6) is 0. The van der Waals surface area contributed by atoms with Crippen LogP contribution < -0.4 is 9.13 Å². The molecule has 1 aliphatic heterocycles. The van der Waals surface area contributed by atoms with Crippen LogP contribution in [-0.2, 0) is 27.2 Å². The summed E-state index contributed by atoms with van der Waals surface area (Å²) < 4.78 is 7.56. The van der Waals surface area contributed by atoms with Crippen LogP contribution in [0.5, 0.6) is 0 Å². The number of hydrogen-bond donors (Lipinski definition) is 0. The standard InChI is InChI=1S/2C8H15N2.H2P2Se8/c2*1-3-4-5-10-7-6-9(2)8-10;3-1(4)7-9-2(5,6)10-8-1/h2*6-8H,3-5H2,1-2H3;(H,3,4)(H,5,6)/q2*+1;/p-2. The molecule has 4 nitrogen and oxygen atoms in total. The predicted octanol–water partition coefficient (Wildman–Crippen LogP) is 0.901. The van der Waals surface area contributed by atoms with Gasteiger partial charge in [0, 0.05) is 0 Å². The molecule has 0 atom stereocenters. The predicted molar refractivity (Wildman–Crippen MR) is 141 cm³/mol. The van der Waals surface area contributed by atoms with E-state index in [1.54, 1.807) is 0 Å². The first-order chi connectivity index (χ1) is 14.1. The summed E-state index contributed by atoms with van der Waals surface area (Å²) >= 11 is 17.6. The third-order valence-electron chi connectivity index (χ3n) is 3.62. The Morgan fingerprint density at radius 3 is 1.33 bits per heavy atom. The average molecular weight is 972 g/mol. The summed E-state index contributed by atoms with van der Waals surface area (Å²) in [5, 5.41) is 0. The van der Waals surface area contributed by atoms with E-state index in [1.165, 1.54) is 25.7 Å². The van der Waals surface area contributed by atoms with Gasteiger partial charge in [-0.1, -0.05) is 26.7 Å². The number of rotatable bonds is 6. The molecule has 0 N–H and O–H groups in total. The van der Waals surface area contributed by atoms with Crippen molar-refractivity contribution in [1.29, 1.82) is 0 Å². The van der Waals surface area contributed by atoms with Crippen LogP contribution in [0, 0.1) is 0 Å².